The van der Waals surface area contributed by atoms with Crippen LogP contribution in [0.25, 0.3) is 21.5 Å². The van der Waals surface area contributed by atoms with E-state index < -0.39 is 23.5 Å². The molecule has 7 heteroatoms. The topological polar surface area (TPSA) is 0 Å². The van der Waals surface area contributed by atoms with Crippen molar-refractivity contribution in [3.63, 3.8) is 0 Å². The van der Waals surface area contributed by atoms with Gasteiger partial charge in [0.05, 0.1) is 0 Å². The summed E-state index contributed by atoms with van der Waals surface area (Å²) in [5, 5.41) is 5.55. The molecule has 0 N–H and O–H groups in total. The van der Waals surface area contributed by atoms with Crippen molar-refractivity contribution in [3.8, 4) is 0 Å². The molecule has 0 aromatic heterocycles. The molecule has 0 aliphatic carbocycles. The van der Waals surface area contributed by atoms with Crippen LogP contribution in [-0.2, 0) is 47.1 Å². The molecule has 0 saturated heterocycles. The van der Waals surface area contributed by atoms with E-state index in [2.05, 4.69) is 85.7 Å². The number of rotatable bonds is 2. The minimum atomic E-state index is -4.48. The molecule has 50 heavy (non-hydrogen) atoms. The number of halogens is 6. The smallest absolute Gasteiger partial charge is 0.172 e. The Morgan fingerprint density at radius 3 is 1.22 bits per heavy atom. The molecule has 6 aromatic carbocycles. The summed E-state index contributed by atoms with van der Waals surface area (Å²) in [5.41, 5.74) is 5.02. The van der Waals surface area contributed by atoms with Gasteiger partial charge in [-0.05, 0) is 24.7 Å². The van der Waals surface area contributed by atoms with Crippen LogP contribution in [0, 0.1) is 13.8 Å². The van der Waals surface area contributed by atoms with E-state index >= 15 is 0 Å². The minimum Gasteiger partial charge on any atom is -0.214 e. The first-order valence-electron chi connectivity index (χ1n) is 16.3. The zero-order chi connectivity index (χ0) is 37.2. The number of aryl methyl sites for hydroxylation is 2. The van der Waals surface area contributed by atoms with E-state index in [-0.39, 0.29) is 10.8 Å². The van der Waals surface area contributed by atoms with Crippen molar-refractivity contribution >= 4 is 24.8 Å². The maximum atomic E-state index is 12.7. The third kappa shape index (κ3) is 9.60. The molecule has 0 radical (unpaired) electrons. The van der Waals surface area contributed by atoms with Gasteiger partial charge >= 0.3 is 137 Å². The molecule has 6 aromatic rings. The molecule has 260 valence electrons. The van der Waals surface area contributed by atoms with Crippen molar-refractivity contribution in [3.05, 3.63) is 154 Å². The minimum absolute atomic E-state index is 0.180. The fourth-order valence-corrected chi connectivity index (χ4v) is 7.26. The van der Waals surface area contributed by atoms with Crippen molar-refractivity contribution in [2.45, 2.75) is 78.6 Å². The monoisotopic (exact) mass is 852 g/mol. The van der Waals surface area contributed by atoms with E-state index in [4.69, 9.17) is 0 Å². The summed E-state index contributed by atoms with van der Waals surface area (Å²) in [5.74, 6) is 0. The van der Waals surface area contributed by atoms with Crippen molar-refractivity contribution < 1.29 is 50.2 Å². The van der Waals surface area contributed by atoms with Crippen LogP contribution in [0.15, 0.2) is 109 Å². The van der Waals surface area contributed by atoms with Crippen molar-refractivity contribution in [2.24, 2.45) is 0 Å². The summed E-state index contributed by atoms with van der Waals surface area (Å²) in [6.07, 6.45) is -8.96. The van der Waals surface area contributed by atoms with Gasteiger partial charge in [-0.1, -0.05) is 75.9 Å². The molecule has 0 aliphatic heterocycles. The Labute approximate surface area is 305 Å². The van der Waals surface area contributed by atoms with Crippen molar-refractivity contribution in [1.29, 1.82) is 0 Å². The number of fused-ring (bicyclic) bond motifs is 3. The second-order valence-corrected chi connectivity index (χ2v) is 16.4. The predicted molar refractivity (Wildman–Crippen MR) is 192 cm³/mol. The van der Waals surface area contributed by atoms with E-state index in [1.165, 1.54) is 68.1 Å². The normalized spacial score (nSPS) is 12.3. The first-order chi connectivity index (χ1) is 23.1. The van der Waals surface area contributed by atoms with Gasteiger partial charge in [0.15, 0.2) is 0 Å². The van der Waals surface area contributed by atoms with Gasteiger partial charge in [-0.15, -0.1) is 39.7 Å². The van der Waals surface area contributed by atoms with Gasteiger partial charge < -0.3 is 0 Å². The maximum absolute atomic E-state index is 12.7. The Hall–Kier alpha value is -3.58. The van der Waals surface area contributed by atoms with Crippen LogP contribution in [0.2, 0.25) is 0 Å². The number of hydrogen-bond donors (Lipinski definition) is 0. The molecular weight excluding hydrogens is 809 g/mol. The third-order valence-electron chi connectivity index (χ3n) is 8.52. The fraction of sp³-hybridized carbons (Fsp3) is 0.279. The molecule has 0 unspecified atom stereocenters. The second kappa shape index (κ2) is 15.0. The first-order valence-corrected chi connectivity index (χ1v) is 18.1. The van der Waals surface area contributed by atoms with E-state index in [0.717, 1.165) is 24.3 Å². The van der Waals surface area contributed by atoms with Gasteiger partial charge in [0.25, 0.3) is 0 Å². The molecule has 0 saturated carbocycles. The molecular formula is C43H42F6Hf. The van der Waals surface area contributed by atoms with Crippen molar-refractivity contribution in [2.75, 3.05) is 0 Å². The Morgan fingerprint density at radius 1 is 0.540 bits per heavy atom. The molecule has 0 amide bonds. The fourth-order valence-electron chi connectivity index (χ4n) is 6.14. The van der Waals surface area contributed by atoms with E-state index in [1.807, 2.05) is 30.3 Å². The summed E-state index contributed by atoms with van der Waals surface area (Å²) in [4.78, 5) is 0. The third-order valence-corrected chi connectivity index (χ3v) is 10.6. The van der Waals surface area contributed by atoms with Gasteiger partial charge in [0.2, 0.25) is 0 Å². The summed E-state index contributed by atoms with van der Waals surface area (Å²) in [6.45, 7) is 18.3. The Kier molecular flexibility index (Phi) is 11.7. The van der Waals surface area contributed by atoms with Crippen LogP contribution in [0.1, 0.15) is 86.1 Å². The zero-order valence-electron chi connectivity index (χ0n) is 29.7. The molecule has 0 heterocycles. The summed E-state index contributed by atoms with van der Waals surface area (Å²) < 4.78 is 76.7. The van der Waals surface area contributed by atoms with Crippen LogP contribution in [0.4, 0.5) is 26.3 Å². The number of hydrogen-bond acceptors (Lipinski definition) is 0. The van der Waals surface area contributed by atoms with Crippen LogP contribution in [0.3, 0.4) is 0 Å². The quantitative estimate of drug-likeness (QED) is 0.0925. The molecule has 0 aliphatic rings. The van der Waals surface area contributed by atoms with Crippen LogP contribution in [-0.4, -0.2) is 3.26 Å². The molecule has 0 atom stereocenters. The van der Waals surface area contributed by atoms with E-state index in [0.29, 0.717) is 38.3 Å². The van der Waals surface area contributed by atoms with Gasteiger partial charge in [-0.2, -0.15) is 18.2 Å². The zero-order valence-corrected chi connectivity index (χ0v) is 33.3. The van der Waals surface area contributed by atoms with Gasteiger partial charge in [-0.3, -0.25) is 0 Å². The van der Waals surface area contributed by atoms with E-state index in [1.54, 1.807) is 0 Å². The Bertz CT molecular complexity index is 1920. The maximum Gasteiger partial charge on any atom is -0.172 e. The van der Waals surface area contributed by atoms with Crippen LogP contribution in [0.5, 0.6) is 0 Å². The van der Waals surface area contributed by atoms with Gasteiger partial charge in [-0.25, -0.2) is 12.1 Å². The average Bonchev–Trinajstić information content (AvgIpc) is 3.70. The SMILES string of the molecule is Cc1cc2[cH-]c3cc(C)c(C(C)(C)C)cc3c2cc1C(C)(C)C.FC(F)(F)c1cccc([C](=[Hf+2])c2cccc(C(F)(F)F)c2)c1.c1cc[cH-]c1. The average molecular weight is 851 g/mol. The standard InChI is InChI=1S/C23H29.C15H8F6.C5H5.Hf/c1-14-9-16-11-17-10-15(2)21(23(6,7)8)13-19(17)18(16)12-20(14)22(3,4)5;16-14(17,18)12-5-1-3-10(8-12)7-11-4-2-6-13(9-11)15(19,20)21;1-2-4-5-3-1;/h9-13H,1-8H3;1-6,8-9H;1-5H;/q-1;;-1;+2. The van der Waals surface area contributed by atoms with Crippen LogP contribution >= 0.6 is 0 Å². The molecule has 0 fully saturated rings. The summed E-state index contributed by atoms with van der Waals surface area (Å²) in [6, 6.07) is 31.2. The van der Waals surface area contributed by atoms with Crippen molar-refractivity contribution in [1.82, 2.24) is 0 Å². The Balaban J connectivity index is 0.000000197. The van der Waals surface area contributed by atoms with Gasteiger partial charge in [0, 0.05) is 0 Å². The first kappa shape index (κ1) is 39.2. The summed E-state index contributed by atoms with van der Waals surface area (Å²) in [7, 11) is 0. The Morgan fingerprint density at radius 2 is 0.920 bits per heavy atom. The molecule has 6 rings (SSSR count). The van der Waals surface area contributed by atoms with E-state index in [9.17, 15) is 26.3 Å². The number of alkyl halides is 6. The number of benzene rings is 4. The molecule has 0 spiro atoms. The molecule has 0 nitrogen and oxygen atoms in total. The second-order valence-electron chi connectivity index (χ2n) is 14.6. The van der Waals surface area contributed by atoms with Gasteiger partial charge in [0.1, 0.15) is 0 Å². The predicted octanol–water partition coefficient (Wildman–Crippen LogP) is 13.2. The molecule has 0 bridgehead atoms. The summed E-state index contributed by atoms with van der Waals surface area (Å²) >= 11 is 0.316. The van der Waals surface area contributed by atoms with Crippen LogP contribution < -0.4 is 0 Å². The largest absolute Gasteiger partial charge is 0.214 e.